The normalized spacial score (nSPS) is 13.1. The summed E-state index contributed by atoms with van der Waals surface area (Å²) in [4.78, 5) is 0. The van der Waals surface area contributed by atoms with Gasteiger partial charge in [0.1, 0.15) is 5.75 Å². The van der Waals surface area contributed by atoms with Crippen LogP contribution in [0.2, 0.25) is 0 Å². The van der Waals surface area contributed by atoms with E-state index in [2.05, 4.69) is 20.8 Å². The molecule has 0 fully saturated rings. The van der Waals surface area contributed by atoms with Crippen molar-refractivity contribution < 1.29 is 18.7 Å². The molecule has 0 aromatic heterocycles. The zero-order valence-corrected chi connectivity index (χ0v) is 16.3. The third kappa shape index (κ3) is 6.96. The average molecular weight is 356 g/mol. The molecule has 4 nitrogen and oxygen atoms in total. The lowest BCUT2D eigenvalue weighted by Gasteiger charge is -2.27. The molecular weight excluding hydrogens is 323 g/mol. The molecule has 1 rings (SSSR count). The summed E-state index contributed by atoms with van der Waals surface area (Å²) >= 11 is 0. The van der Waals surface area contributed by atoms with Gasteiger partial charge in [-0.25, -0.2) is 0 Å². The fraction of sp³-hybridized carbons (Fsp3) is 0.684. The van der Waals surface area contributed by atoms with Crippen LogP contribution in [-0.4, -0.2) is 18.3 Å². The molecule has 0 bridgehead atoms. The molecule has 0 aliphatic heterocycles. The Morgan fingerprint density at radius 3 is 1.88 bits per heavy atom. The third-order valence-electron chi connectivity index (χ3n) is 4.03. The van der Waals surface area contributed by atoms with Crippen molar-refractivity contribution in [3.8, 4) is 5.75 Å². The molecule has 138 valence electrons. The molecule has 1 aromatic rings. The molecule has 1 unspecified atom stereocenters. The first-order chi connectivity index (χ1) is 11.6. The van der Waals surface area contributed by atoms with E-state index >= 15 is 0 Å². The highest BCUT2D eigenvalue weighted by molar-refractivity contribution is 7.54. The van der Waals surface area contributed by atoms with Gasteiger partial charge in [0.05, 0.1) is 18.9 Å². The van der Waals surface area contributed by atoms with Gasteiger partial charge in [0.15, 0.2) is 0 Å². The zero-order chi connectivity index (χ0) is 17.8. The Labute approximate surface area is 147 Å². The molecule has 0 saturated carbocycles. The van der Waals surface area contributed by atoms with Gasteiger partial charge in [-0.1, -0.05) is 58.6 Å². The number of hydrogen-bond donors (Lipinski definition) is 1. The fourth-order valence-corrected chi connectivity index (χ4v) is 4.73. The minimum Gasteiger partial charge on any atom is -0.508 e. The van der Waals surface area contributed by atoms with E-state index in [0.29, 0.717) is 13.2 Å². The smallest absolute Gasteiger partial charge is 0.338 e. The quantitative estimate of drug-likeness (QED) is 0.326. The van der Waals surface area contributed by atoms with E-state index in [1.54, 1.807) is 12.1 Å². The van der Waals surface area contributed by atoms with Crippen molar-refractivity contribution in [1.82, 2.24) is 0 Å². The molecule has 5 heteroatoms. The maximum atomic E-state index is 13.5. The second-order valence-electron chi connectivity index (χ2n) is 6.16. The van der Waals surface area contributed by atoms with E-state index in [-0.39, 0.29) is 11.4 Å². The van der Waals surface area contributed by atoms with Gasteiger partial charge in [0.2, 0.25) is 0 Å². The molecule has 24 heavy (non-hydrogen) atoms. The van der Waals surface area contributed by atoms with Crippen molar-refractivity contribution in [1.29, 1.82) is 0 Å². The van der Waals surface area contributed by atoms with Crippen LogP contribution in [0.15, 0.2) is 24.3 Å². The summed E-state index contributed by atoms with van der Waals surface area (Å²) in [6, 6.07) is 6.93. The van der Waals surface area contributed by atoms with Crippen LogP contribution in [0.1, 0.15) is 76.9 Å². The molecule has 0 spiro atoms. The largest absolute Gasteiger partial charge is 0.508 e. The number of phenolic OH excluding ortho intramolecular Hbond substituents is 1. The van der Waals surface area contributed by atoms with Crippen molar-refractivity contribution in [2.45, 2.75) is 71.4 Å². The summed E-state index contributed by atoms with van der Waals surface area (Å²) in [5.41, 5.74) is 0.643. The Bertz CT molecular complexity index is 473. The van der Waals surface area contributed by atoms with Gasteiger partial charge < -0.3 is 14.2 Å². The molecule has 0 heterocycles. The summed E-state index contributed by atoms with van der Waals surface area (Å²) in [6.45, 7) is 7.21. The Balaban J connectivity index is 3.02. The molecule has 1 N–H and O–H groups in total. The van der Waals surface area contributed by atoms with Gasteiger partial charge in [-0.05, 0) is 37.0 Å². The summed E-state index contributed by atoms with van der Waals surface area (Å²) in [5.74, 6) is 0.210. The van der Waals surface area contributed by atoms with Crippen LogP contribution in [0, 0.1) is 0 Å². The summed E-state index contributed by atoms with van der Waals surface area (Å²) in [6.07, 6.45) is 6.48. The van der Waals surface area contributed by atoms with Gasteiger partial charge in [-0.2, -0.15) is 0 Å². The third-order valence-corrected chi connectivity index (χ3v) is 6.43. The van der Waals surface area contributed by atoms with Crippen LogP contribution < -0.4 is 0 Å². The number of phenols is 1. The highest BCUT2D eigenvalue weighted by Crippen LogP contribution is 2.63. The minimum absolute atomic E-state index is 0.210. The Hall–Kier alpha value is -0.830. The van der Waals surface area contributed by atoms with E-state index in [1.165, 1.54) is 0 Å². The fourth-order valence-electron chi connectivity index (χ4n) is 2.49. The van der Waals surface area contributed by atoms with Crippen LogP contribution >= 0.6 is 7.60 Å². The molecule has 0 saturated heterocycles. The molecule has 0 aliphatic rings. The molecule has 1 aromatic carbocycles. The van der Waals surface area contributed by atoms with Crippen LogP contribution in [-0.2, 0) is 13.6 Å². The average Bonchev–Trinajstić information content (AvgIpc) is 2.57. The van der Waals surface area contributed by atoms with Crippen LogP contribution in [0.25, 0.3) is 0 Å². The summed E-state index contributed by atoms with van der Waals surface area (Å²) in [5, 5.41) is 9.53. The number of rotatable bonds is 13. The summed E-state index contributed by atoms with van der Waals surface area (Å²) < 4.78 is 25.2. The van der Waals surface area contributed by atoms with Gasteiger partial charge in [-0.15, -0.1) is 0 Å². The SMILES string of the molecule is CCCCOP(=O)(OCCCC)C(CCCC)c1ccc(O)cc1. The topological polar surface area (TPSA) is 55.8 Å². The number of benzene rings is 1. The van der Waals surface area contributed by atoms with Gasteiger partial charge in [-0.3, -0.25) is 4.57 Å². The Morgan fingerprint density at radius 1 is 0.917 bits per heavy atom. The number of aromatic hydroxyl groups is 1. The lowest BCUT2D eigenvalue weighted by atomic mass is 10.1. The van der Waals surface area contributed by atoms with Gasteiger partial charge in [0, 0.05) is 0 Å². The zero-order valence-electron chi connectivity index (χ0n) is 15.4. The monoisotopic (exact) mass is 356 g/mol. The lowest BCUT2D eigenvalue weighted by molar-refractivity contribution is 0.191. The van der Waals surface area contributed by atoms with Crippen LogP contribution in [0.3, 0.4) is 0 Å². The highest BCUT2D eigenvalue weighted by atomic mass is 31.2. The van der Waals surface area contributed by atoms with E-state index in [1.807, 2.05) is 12.1 Å². The maximum absolute atomic E-state index is 13.5. The van der Waals surface area contributed by atoms with Gasteiger partial charge in [0.25, 0.3) is 0 Å². The van der Waals surface area contributed by atoms with Crippen molar-refractivity contribution in [2.75, 3.05) is 13.2 Å². The van der Waals surface area contributed by atoms with E-state index in [0.717, 1.165) is 50.5 Å². The van der Waals surface area contributed by atoms with Crippen molar-refractivity contribution in [2.24, 2.45) is 0 Å². The standard InChI is InChI=1S/C19H33O4P/c1-4-7-10-19(17-11-13-18(20)14-12-17)24(21,22-15-8-5-2)23-16-9-6-3/h11-14,19-20H,4-10,15-16H2,1-3H3. The predicted octanol–water partition coefficient (Wildman–Crippen LogP) is 6.45. The van der Waals surface area contributed by atoms with Crippen molar-refractivity contribution >= 4 is 7.60 Å². The molecule has 0 amide bonds. The van der Waals surface area contributed by atoms with Crippen LogP contribution in [0.5, 0.6) is 5.75 Å². The first-order valence-electron chi connectivity index (χ1n) is 9.25. The van der Waals surface area contributed by atoms with E-state index < -0.39 is 7.60 Å². The second kappa shape index (κ2) is 11.7. The van der Waals surface area contributed by atoms with E-state index in [9.17, 15) is 9.67 Å². The van der Waals surface area contributed by atoms with Crippen molar-refractivity contribution in [3.63, 3.8) is 0 Å². The molecular formula is C19H33O4P. The number of hydrogen-bond acceptors (Lipinski definition) is 4. The van der Waals surface area contributed by atoms with Gasteiger partial charge >= 0.3 is 7.60 Å². The molecule has 1 atom stereocenters. The maximum Gasteiger partial charge on any atom is 0.338 e. The van der Waals surface area contributed by atoms with E-state index in [4.69, 9.17) is 9.05 Å². The predicted molar refractivity (Wildman–Crippen MR) is 99.7 cm³/mol. The second-order valence-corrected chi connectivity index (χ2v) is 8.38. The molecule has 0 radical (unpaired) electrons. The van der Waals surface area contributed by atoms with Crippen LogP contribution in [0.4, 0.5) is 0 Å². The van der Waals surface area contributed by atoms with Crippen molar-refractivity contribution in [3.05, 3.63) is 29.8 Å². The first kappa shape index (κ1) is 21.2. The first-order valence-corrected chi connectivity index (χ1v) is 10.9. The summed E-state index contributed by atoms with van der Waals surface area (Å²) in [7, 11) is -3.24. The minimum atomic E-state index is -3.24. The lowest BCUT2D eigenvalue weighted by Crippen LogP contribution is -2.09. The Morgan fingerprint density at radius 2 is 1.42 bits per heavy atom. The number of unbranched alkanes of at least 4 members (excludes halogenated alkanes) is 3. The molecule has 0 aliphatic carbocycles. The highest BCUT2D eigenvalue weighted by Gasteiger charge is 2.36. The Kier molecular flexibility index (Phi) is 10.3.